The van der Waals surface area contributed by atoms with Gasteiger partial charge in [0, 0.05) is 5.56 Å². The van der Waals surface area contributed by atoms with Crippen LogP contribution in [-0.2, 0) is 5.25 Å². The van der Waals surface area contributed by atoms with Crippen molar-refractivity contribution >= 4 is 12.6 Å². The minimum atomic E-state index is -3.01. The molecule has 3 heteroatoms. The summed E-state index contributed by atoms with van der Waals surface area (Å²) < 4.78 is 24.6. The Morgan fingerprint density at radius 3 is 1.90 bits per heavy atom. The largest absolute Gasteiger partial charge is 0.316 e. The summed E-state index contributed by atoms with van der Waals surface area (Å²) in [5.41, 5.74) is -0.0710. The van der Waals surface area contributed by atoms with Crippen molar-refractivity contribution in [3.05, 3.63) is 35.9 Å². The van der Waals surface area contributed by atoms with Crippen LogP contribution in [0.15, 0.2) is 30.3 Å². The van der Waals surface area contributed by atoms with Crippen LogP contribution >= 0.6 is 12.6 Å². The molecular weight excluding hydrogens is 154 g/mol. The summed E-state index contributed by atoms with van der Waals surface area (Å²) in [7, 11) is 0. The van der Waals surface area contributed by atoms with Gasteiger partial charge in [-0.15, -0.1) is 12.6 Å². The fraction of sp³-hybridized carbons (Fsp3) is 0.143. The molecule has 0 amide bonds. The first-order chi connectivity index (χ1) is 4.61. The maximum absolute atomic E-state index is 12.3. The fourth-order valence-electron chi connectivity index (χ4n) is 0.639. The second-order valence-corrected chi connectivity index (χ2v) is 2.47. The lowest BCUT2D eigenvalue weighted by Crippen LogP contribution is -2.01. The van der Waals surface area contributed by atoms with Gasteiger partial charge in [0.25, 0.3) is 0 Å². The lowest BCUT2D eigenvalue weighted by Gasteiger charge is -2.07. The van der Waals surface area contributed by atoms with Gasteiger partial charge in [0.05, 0.1) is 0 Å². The van der Waals surface area contributed by atoms with E-state index in [1.807, 2.05) is 0 Å². The number of hydrogen-bond acceptors (Lipinski definition) is 1. The molecule has 0 heterocycles. The molecule has 0 nitrogen and oxygen atoms in total. The molecule has 10 heavy (non-hydrogen) atoms. The van der Waals surface area contributed by atoms with Gasteiger partial charge in [-0.05, 0) is 0 Å². The summed E-state index contributed by atoms with van der Waals surface area (Å²) in [6, 6.07) is 7.47. The van der Waals surface area contributed by atoms with Crippen molar-refractivity contribution in [2.75, 3.05) is 0 Å². The van der Waals surface area contributed by atoms with Gasteiger partial charge in [-0.2, -0.15) is 8.78 Å². The highest BCUT2D eigenvalue weighted by Crippen LogP contribution is 2.30. The Balaban J connectivity index is 2.97. The van der Waals surface area contributed by atoms with Crippen molar-refractivity contribution in [1.29, 1.82) is 0 Å². The first-order valence-corrected chi connectivity index (χ1v) is 3.21. The van der Waals surface area contributed by atoms with Crippen molar-refractivity contribution in [2.45, 2.75) is 5.25 Å². The van der Waals surface area contributed by atoms with Crippen molar-refractivity contribution < 1.29 is 8.78 Å². The van der Waals surface area contributed by atoms with Gasteiger partial charge in [0.1, 0.15) is 0 Å². The van der Waals surface area contributed by atoms with Crippen LogP contribution in [0, 0.1) is 0 Å². The van der Waals surface area contributed by atoms with Crippen molar-refractivity contribution in [3.63, 3.8) is 0 Å². The van der Waals surface area contributed by atoms with Gasteiger partial charge in [0.15, 0.2) is 0 Å². The Hall–Kier alpha value is -0.570. The predicted octanol–water partition coefficient (Wildman–Crippen LogP) is 2.67. The molecular formula is C7H6F2S. The maximum atomic E-state index is 12.3. The Morgan fingerprint density at radius 1 is 1.10 bits per heavy atom. The summed E-state index contributed by atoms with van der Waals surface area (Å²) in [5, 5.41) is -3.01. The number of benzene rings is 1. The van der Waals surface area contributed by atoms with E-state index in [4.69, 9.17) is 0 Å². The van der Waals surface area contributed by atoms with Crippen molar-refractivity contribution in [1.82, 2.24) is 0 Å². The van der Waals surface area contributed by atoms with Gasteiger partial charge >= 0.3 is 5.25 Å². The molecule has 0 bridgehead atoms. The molecule has 0 saturated heterocycles. The summed E-state index contributed by atoms with van der Waals surface area (Å²) >= 11 is 3.11. The van der Waals surface area contributed by atoms with E-state index in [2.05, 4.69) is 12.6 Å². The van der Waals surface area contributed by atoms with E-state index in [1.54, 1.807) is 18.2 Å². The monoisotopic (exact) mass is 160 g/mol. The predicted molar refractivity (Wildman–Crippen MR) is 39.3 cm³/mol. The number of halogens is 2. The minimum absolute atomic E-state index is 0.0710. The zero-order valence-corrected chi connectivity index (χ0v) is 5.98. The highest BCUT2D eigenvalue weighted by Gasteiger charge is 2.24. The van der Waals surface area contributed by atoms with E-state index >= 15 is 0 Å². The molecule has 1 rings (SSSR count). The lowest BCUT2D eigenvalue weighted by molar-refractivity contribution is 0.108. The van der Waals surface area contributed by atoms with E-state index < -0.39 is 5.25 Å². The Bertz CT molecular complexity index is 203. The van der Waals surface area contributed by atoms with Crippen LogP contribution in [0.2, 0.25) is 0 Å². The average molecular weight is 160 g/mol. The number of thiol groups is 1. The van der Waals surface area contributed by atoms with Crippen LogP contribution in [-0.4, -0.2) is 0 Å². The summed E-state index contributed by atoms with van der Waals surface area (Å²) in [4.78, 5) is 0. The topological polar surface area (TPSA) is 0 Å². The molecule has 0 spiro atoms. The Morgan fingerprint density at radius 2 is 1.60 bits per heavy atom. The van der Waals surface area contributed by atoms with E-state index in [1.165, 1.54) is 12.1 Å². The van der Waals surface area contributed by atoms with E-state index in [9.17, 15) is 8.78 Å². The molecule has 0 N–H and O–H groups in total. The van der Waals surface area contributed by atoms with E-state index in [0.29, 0.717) is 0 Å². The standard InChI is InChI=1S/C7H6F2S/c8-7(9,10)6-4-2-1-3-5-6/h1-5,10H. The molecule has 1 aromatic carbocycles. The van der Waals surface area contributed by atoms with Gasteiger partial charge < -0.3 is 0 Å². The maximum Gasteiger partial charge on any atom is 0.316 e. The molecule has 1 aromatic rings. The van der Waals surface area contributed by atoms with Gasteiger partial charge in [-0.25, -0.2) is 0 Å². The average Bonchev–Trinajstić information content (AvgIpc) is 1.88. The summed E-state index contributed by atoms with van der Waals surface area (Å²) in [6.07, 6.45) is 0. The van der Waals surface area contributed by atoms with Crippen LogP contribution in [0.1, 0.15) is 5.56 Å². The molecule has 0 aliphatic carbocycles. The lowest BCUT2D eigenvalue weighted by atomic mass is 10.2. The van der Waals surface area contributed by atoms with Crippen LogP contribution < -0.4 is 0 Å². The fourth-order valence-corrected chi connectivity index (χ4v) is 0.788. The second-order valence-electron chi connectivity index (χ2n) is 1.91. The zero-order valence-electron chi connectivity index (χ0n) is 5.09. The third-order valence-electron chi connectivity index (χ3n) is 1.12. The summed E-state index contributed by atoms with van der Waals surface area (Å²) in [5.74, 6) is 0. The number of rotatable bonds is 1. The zero-order chi connectivity index (χ0) is 7.61. The van der Waals surface area contributed by atoms with Gasteiger partial charge in [0.2, 0.25) is 0 Å². The van der Waals surface area contributed by atoms with Gasteiger partial charge in [-0.1, -0.05) is 30.3 Å². The first-order valence-electron chi connectivity index (χ1n) is 2.76. The van der Waals surface area contributed by atoms with Crippen LogP contribution in [0.3, 0.4) is 0 Å². The van der Waals surface area contributed by atoms with E-state index in [0.717, 1.165) is 0 Å². The molecule has 0 unspecified atom stereocenters. The molecule has 0 radical (unpaired) electrons. The third kappa shape index (κ3) is 1.70. The molecule has 54 valence electrons. The normalized spacial score (nSPS) is 11.5. The molecule has 0 aliphatic rings. The highest BCUT2D eigenvalue weighted by atomic mass is 32.1. The highest BCUT2D eigenvalue weighted by molar-refractivity contribution is 7.81. The second kappa shape index (κ2) is 2.58. The Labute approximate surface area is 63.3 Å². The number of hydrogen-bond donors (Lipinski definition) is 1. The molecule has 0 atom stereocenters. The Kier molecular flexibility index (Phi) is 1.94. The quantitative estimate of drug-likeness (QED) is 0.600. The third-order valence-corrected chi connectivity index (χ3v) is 1.38. The molecule has 0 aromatic heterocycles. The van der Waals surface area contributed by atoms with Gasteiger partial charge in [-0.3, -0.25) is 0 Å². The van der Waals surface area contributed by atoms with Crippen molar-refractivity contribution in [3.8, 4) is 0 Å². The SMILES string of the molecule is FC(F)(S)c1ccccc1. The van der Waals surface area contributed by atoms with Crippen molar-refractivity contribution in [2.24, 2.45) is 0 Å². The van der Waals surface area contributed by atoms with Crippen LogP contribution in [0.4, 0.5) is 8.78 Å². The van der Waals surface area contributed by atoms with Crippen LogP contribution in [0.5, 0.6) is 0 Å². The summed E-state index contributed by atoms with van der Waals surface area (Å²) in [6.45, 7) is 0. The molecule has 0 aliphatic heterocycles. The number of alkyl halides is 2. The minimum Gasteiger partial charge on any atom is -0.189 e. The first kappa shape index (κ1) is 7.54. The smallest absolute Gasteiger partial charge is 0.189 e. The van der Waals surface area contributed by atoms with E-state index in [-0.39, 0.29) is 5.56 Å². The molecule has 0 fully saturated rings. The molecule has 0 saturated carbocycles. The van der Waals surface area contributed by atoms with Crippen LogP contribution in [0.25, 0.3) is 0 Å².